The van der Waals surface area contributed by atoms with Crippen LogP contribution in [0.25, 0.3) is 0 Å². The second kappa shape index (κ2) is 6.56. The van der Waals surface area contributed by atoms with Crippen molar-refractivity contribution in [3.63, 3.8) is 0 Å². The molecule has 4 atom stereocenters. The summed E-state index contributed by atoms with van der Waals surface area (Å²) >= 11 is 0. The van der Waals surface area contributed by atoms with Crippen molar-refractivity contribution in [3.05, 3.63) is 35.4 Å². The van der Waals surface area contributed by atoms with Crippen LogP contribution in [0.2, 0.25) is 0 Å². The molecule has 0 bridgehead atoms. The van der Waals surface area contributed by atoms with Gasteiger partial charge in [-0.3, -0.25) is 4.90 Å². The lowest BCUT2D eigenvalue weighted by Gasteiger charge is -2.33. The highest BCUT2D eigenvalue weighted by Gasteiger charge is 2.48. The third kappa shape index (κ3) is 3.12. The molecule has 0 unspecified atom stereocenters. The van der Waals surface area contributed by atoms with E-state index in [4.69, 9.17) is 0 Å². The van der Waals surface area contributed by atoms with Gasteiger partial charge in [0, 0.05) is 25.7 Å². The number of fused-ring (bicyclic) bond motifs is 3. The Balaban J connectivity index is 1.37. The van der Waals surface area contributed by atoms with E-state index in [1.165, 1.54) is 31.9 Å². The molecule has 3 aliphatic rings. The lowest BCUT2D eigenvalue weighted by Crippen LogP contribution is -2.44. The zero-order chi connectivity index (χ0) is 17.6. The summed E-state index contributed by atoms with van der Waals surface area (Å²) in [7, 11) is 0. The minimum atomic E-state index is -0.883. The van der Waals surface area contributed by atoms with Gasteiger partial charge >= 0.3 is 6.03 Å². The van der Waals surface area contributed by atoms with E-state index < -0.39 is 11.6 Å². The second-order valence-corrected chi connectivity index (χ2v) is 7.73. The number of halogens is 2. The number of rotatable bonds is 2. The van der Waals surface area contributed by atoms with E-state index in [1.807, 2.05) is 4.90 Å². The van der Waals surface area contributed by atoms with E-state index in [-0.39, 0.29) is 12.1 Å². The van der Waals surface area contributed by atoms with Gasteiger partial charge in [0.2, 0.25) is 0 Å². The van der Waals surface area contributed by atoms with Crippen molar-refractivity contribution in [2.24, 2.45) is 11.8 Å². The van der Waals surface area contributed by atoms with Crippen molar-refractivity contribution < 1.29 is 13.6 Å². The summed E-state index contributed by atoms with van der Waals surface area (Å²) in [6, 6.07) is 3.95. The normalized spacial score (nSPS) is 30.0. The summed E-state index contributed by atoms with van der Waals surface area (Å²) in [6.07, 6.45) is 3.84. The molecule has 1 aromatic rings. The average Bonchev–Trinajstić information content (AvgIpc) is 3.15. The maximum Gasteiger partial charge on any atom is 0.317 e. The molecule has 1 aromatic carbocycles. The standard InChI is InChI=1S/C19H25F2N3O/c1-12(13-5-6-16(20)17(21)8-13)22-19(25)24-10-14-9-23-7-3-2-4-18(23)15(14)11-24/h5-6,8,12,14-15,18H,2-4,7,9-11H2,1H3,(H,22,25)/t12-,14-,15-,18-/m0/s1. The van der Waals surface area contributed by atoms with Crippen LogP contribution in [-0.2, 0) is 0 Å². The van der Waals surface area contributed by atoms with Crippen molar-refractivity contribution in [2.45, 2.75) is 38.3 Å². The van der Waals surface area contributed by atoms with E-state index in [2.05, 4.69) is 10.2 Å². The molecule has 0 saturated carbocycles. The molecule has 3 saturated heterocycles. The predicted octanol–water partition coefficient (Wildman–Crippen LogP) is 3.15. The molecule has 3 heterocycles. The molecule has 4 nitrogen and oxygen atoms in total. The molecule has 6 heteroatoms. The molecule has 3 fully saturated rings. The second-order valence-electron chi connectivity index (χ2n) is 7.73. The molecule has 0 spiro atoms. The number of likely N-dealkylation sites (tertiary alicyclic amines) is 1. The van der Waals surface area contributed by atoms with E-state index in [0.717, 1.165) is 31.8 Å². The summed E-state index contributed by atoms with van der Waals surface area (Å²) in [5.41, 5.74) is 0.574. The van der Waals surface area contributed by atoms with Crippen LogP contribution < -0.4 is 5.32 Å². The van der Waals surface area contributed by atoms with Gasteiger partial charge in [0.25, 0.3) is 0 Å². The van der Waals surface area contributed by atoms with Crippen molar-refractivity contribution in [1.82, 2.24) is 15.1 Å². The third-order valence-electron chi connectivity index (χ3n) is 6.19. The average molecular weight is 349 g/mol. The summed E-state index contributed by atoms with van der Waals surface area (Å²) in [5, 5.41) is 2.93. The monoisotopic (exact) mass is 349 g/mol. The smallest absolute Gasteiger partial charge is 0.317 e. The van der Waals surface area contributed by atoms with Gasteiger partial charge in [-0.15, -0.1) is 0 Å². The fourth-order valence-electron chi connectivity index (χ4n) is 4.86. The first-order valence-corrected chi connectivity index (χ1v) is 9.27. The van der Waals surface area contributed by atoms with Crippen LogP contribution in [0.5, 0.6) is 0 Å². The fraction of sp³-hybridized carbons (Fsp3) is 0.632. The molecular weight excluding hydrogens is 324 g/mol. The van der Waals surface area contributed by atoms with E-state index in [9.17, 15) is 13.6 Å². The first-order valence-electron chi connectivity index (χ1n) is 9.27. The highest BCUT2D eigenvalue weighted by atomic mass is 19.2. The first kappa shape index (κ1) is 16.8. The molecule has 0 aliphatic carbocycles. The number of piperidine rings is 1. The maximum atomic E-state index is 13.4. The number of amides is 2. The topological polar surface area (TPSA) is 35.6 Å². The van der Waals surface area contributed by atoms with Crippen LogP contribution in [-0.4, -0.2) is 48.1 Å². The molecule has 136 valence electrons. The molecule has 0 aromatic heterocycles. The molecular formula is C19H25F2N3O. The van der Waals surface area contributed by atoms with Gasteiger partial charge in [0.15, 0.2) is 11.6 Å². The van der Waals surface area contributed by atoms with E-state index in [0.29, 0.717) is 23.4 Å². The zero-order valence-corrected chi connectivity index (χ0v) is 14.5. The number of hydrogen-bond acceptors (Lipinski definition) is 2. The Morgan fingerprint density at radius 1 is 1.20 bits per heavy atom. The highest BCUT2D eigenvalue weighted by molar-refractivity contribution is 5.75. The van der Waals surface area contributed by atoms with Crippen LogP contribution in [0.1, 0.15) is 37.8 Å². The van der Waals surface area contributed by atoms with Crippen LogP contribution in [0, 0.1) is 23.5 Å². The largest absolute Gasteiger partial charge is 0.331 e. The molecule has 25 heavy (non-hydrogen) atoms. The van der Waals surface area contributed by atoms with Crippen molar-refractivity contribution in [3.8, 4) is 0 Å². The number of nitrogens with one attached hydrogen (secondary N) is 1. The summed E-state index contributed by atoms with van der Waals surface area (Å²) in [6.45, 7) is 5.72. The Morgan fingerprint density at radius 3 is 2.84 bits per heavy atom. The Hall–Kier alpha value is -1.69. The number of urea groups is 1. The van der Waals surface area contributed by atoms with Crippen LogP contribution >= 0.6 is 0 Å². The number of hydrogen-bond donors (Lipinski definition) is 1. The molecule has 1 N–H and O–H groups in total. The van der Waals surface area contributed by atoms with Crippen molar-refractivity contribution in [1.29, 1.82) is 0 Å². The number of benzene rings is 1. The quantitative estimate of drug-likeness (QED) is 0.890. The Kier molecular flexibility index (Phi) is 4.40. The maximum absolute atomic E-state index is 13.4. The van der Waals surface area contributed by atoms with Crippen molar-refractivity contribution >= 4 is 6.03 Å². The minimum absolute atomic E-state index is 0.103. The summed E-state index contributed by atoms with van der Waals surface area (Å²) < 4.78 is 26.5. The Labute approximate surface area is 147 Å². The highest BCUT2D eigenvalue weighted by Crippen LogP contribution is 2.40. The van der Waals surface area contributed by atoms with Crippen LogP contribution in [0.4, 0.5) is 13.6 Å². The number of carbonyl (C=O) groups excluding carboxylic acids is 1. The molecule has 0 radical (unpaired) electrons. The molecule has 2 amide bonds. The zero-order valence-electron chi connectivity index (χ0n) is 14.5. The van der Waals surface area contributed by atoms with Gasteiger partial charge in [-0.05, 0) is 55.8 Å². The summed E-state index contributed by atoms with van der Waals surface area (Å²) in [5.74, 6) is -0.588. The van der Waals surface area contributed by atoms with E-state index >= 15 is 0 Å². The van der Waals surface area contributed by atoms with Gasteiger partial charge < -0.3 is 10.2 Å². The number of nitrogens with zero attached hydrogens (tertiary/aromatic N) is 2. The van der Waals surface area contributed by atoms with Gasteiger partial charge in [0.1, 0.15) is 0 Å². The fourth-order valence-corrected chi connectivity index (χ4v) is 4.86. The van der Waals surface area contributed by atoms with Gasteiger partial charge in [-0.25, -0.2) is 13.6 Å². The van der Waals surface area contributed by atoms with E-state index in [1.54, 1.807) is 6.92 Å². The minimum Gasteiger partial charge on any atom is -0.331 e. The first-order chi connectivity index (χ1) is 12.0. The SMILES string of the molecule is C[C@H](NC(=O)N1C[C@@H]2CN3CCCC[C@H]3[C@H]2C1)c1ccc(F)c(F)c1. The van der Waals surface area contributed by atoms with Crippen LogP contribution in [0.15, 0.2) is 18.2 Å². The molecule has 4 rings (SSSR count). The van der Waals surface area contributed by atoms with Gasteiger partial charge in [-0.1, -0.05) is 12.5 Å². The number of carbonyl (C=O) groups is 1. The van der Waals surface area contributed by atoms with Crippen LogP contribution in [0.3, 0.4) is 0 Å². The Morgan fingerprint density at radius 2 is 2.04 bits per heavy atom. The third-order valence-corrected chi connectivity index (χ3v) is 6.19. The Bertz CT molecular complexity index is 668. The lowest BCUT2D eigenvalue weighted by molar-refractivity contribution is 0.153. The van der Waals surface area contributed by atoms with Gasteiger partial charge in [0.05, 0.1) is 6.04 Å². The molecule has 3 aliphatic heterocycles. The van der Waals surface area contributed by atoms with Crippen molar-refractivity contribution in [2.75, 3.05) is 26.2 Å². The lowest BCUT2D eigenvalue weighted by atomic mass is 9.90. The van der Waals surface area contributed by atoms with Gasteiger partial charge in [-0.2, -0.15) is 0 Å². The predicted molar refractivity (Wildman–Crippen MR) is 91.1 cm³/mol. The summed E-state index contributed by atoms with van der Waals surface area (Å²) in [4.78, 5) is 17.1.